The van der Waals surface area contributed by atoms with Crippen molar-refractivity contribution in [3.8, 4) is 0 Å². The normalized spacial score (nSPS) is 9.69. The van der Waals surface area contributed by atoms with Gasteiger partial charge in [0.2, 0.25) is 0 Å². The van der Waals surface area contributed by atoms with E-state index in [9.17, 15) is 9.59 Å². The van der Waals surface area contributed by atoms with Crippen molar-refractivity contribution in [3.05, 3.63) is 29.1 Å². The molecule has 0 spiro atoms. The number of aromatic nitrogens is 1. The van der Waals surface area contributed by atoms with E-state index in [2.05, 4.69) is 30.4 Å². The second-order valence-corrected chi connectivity index (χ2v) is 3.42. The summed E-state index contributed by atoms with van der Waals surface area (Å²) in [4.78, 5) is 26.4. The maximum absolute atomic E-state index is 11.3. The molecule has 6 heteroatoms. The number of hydrogen-bond donors (Lipinski definition) is 0. The second-order valence-electron chi connectivity index (χ2n) is 2.86. The van der Waals surface area contributed by atoms with Gasteiger partial charge in [-0.2, -0.15) is 0 Å². The summed E-state index contributed by atoms with van der Waals surface area (Å²) in [7, 11) is 2.51. The molecule has 0 fully saturated rings. The molecule has 1 aromatic rings. The van der Waals surface area contributed by atoms with Gasteiger partial charge in [-0.15, -0.1) is 0 Å². The van der Waals surface area contributed by atoms with Crippen molar-refractivity contribution in [2.45, 2.75) is 5.33 Å². The molecule has 0 bridgehead atoms. The van der Waals surface area contributed by atoms with Crippen LogP contribution in [0.2, 0.25) is 0 Å². The first-order chi connectivity index (χ1) is 7.62. The Kier molecular flexibility index (Phi) is 4.42. The third-order valence-corrected chi connectivity index (χ3v) is 2.48. The maximum Gasteiger partial charge on any atom is 0.356 e. The van der Waals surface area contributed by atoms with E-state index < -0.39 is 11.9 Å². The first-order valence-electron chi connectivity index (χ1n) is 4.36. The highest BCUT2D eigenvalue weighted by Gasteiger charge is 2.14. The van der Waals surface area contributed by atoms with Gasteiger partial charge in [0.05, 0.1) is 14.2 Å². The number of esters is 2. The Balaban J connectivity index is 3.20. The summed E-state index contributed by atoms with van der Waals surface area (Å²) < 4.78 is 9.07. The Morgan fingerprint density at radius 3 is 1.94 bits per heavy atom. The van der Waals surface area contributed by atoms with Crippen LogP contribution in [0.5, 0.6) is 0 Å². The molecule has 0 atom stereocenters. The van der Waals surface area contributed by atoms with Gasteiger partial charge >= 0.3 is 11.9 Å². The Hall–Kier alpha value is -1.43. The molecule has 1 heterocycles. The average Bonchev–Trinajstić information content (AvgIpc) is 2.35. The molecular weight excluding hydrogens is 278 g/mol. The number of carbonyl (C=O) groups is 2. The number of alkyl halides is 1. The first kappa shape index (κ1) is 12.6. The van der Waals surface area contributed by atoms with E-state index in [0.29, 0.717) is 5.33 Å². The molecule has 0 N–H and O–H groups in total. The maximum atomic E-state index is 11.3. The highest BCUT2D eigenvalue weighted by molar-refractivity contribution is 9.08. The van der Waals surface area contributed by atoms with E-state index in [-0.39, 0.29) is 11.4 Å². The standard InChI is InChI=1S/C10H10BrNO4/c1-15-9(13)7-3-6(5-11)4-8(12-7)10(14)16-2/h3-4H,5H2,1-2H3. The molecule has 0 unspecified atom stereocenters. The largest absolute Gasteiger partial charge is 0.464 e. The molecule has 0 saturated heterocycles. The van der Waals surface area contributed by atoms with Crippen LogP contribution in [-0.2, 0) is 14.8 Å². The molecule has 1 rings (SSSR count). The minimum atomic E-state index is -0.590. The quantitative estimate of drug-likeness (QED) is 0.623. The number of hydrogen-bond acceptors (Lipinski definition) is 5. The number of ether oxygens (including phenoxy) is 2. The SMILES string of the molecule is COC(=O)c1cc(CBr)cc(C(=O)OC)n1. The van der Waals surface area contributed by atoms with Gasteiger partial charge in [0.25, 0.3) is 0 Å². The summed E-state index contributed by atoms with van der Waals surface area (Å²) in [5, 5.41) is 0.503. The van der Waals surface area contributed by atoms with Crippen molar-refractivity contribution in [3.63, 3.8) is 0 Å². The van der Waals surface area contributed by atoms with Crippen LogP contribution >= 0.6 is 15.9 Å². The second kappa shape index (κ2) is 5.60. The smallest absolute Gasteiger partial charge is 0.356 e. The third kappa shape index (κ3) is 2.79. The van der Waals surface area contributed by atoms with E-state index in [1.165, 1.54) is 14.2 Å². The summed E-state index contributed by atoms with van der Waals surface area (Å²) in [6.07, 6.45) is 0. The van der Waals surface area contributed by atoms with E-state index in [1.807, 2.05) is 0 Å². The van der Waals surface area contributed by atoms with Crippen molar-refractivity contribution in [2.24, 2.45) is 0 Å². The molecule has 0 aliphatic carbocycles. The van der Waals surface area contributed by atoms with Crippen molar-refractivity contribution in [1.82, 2.24) is 4.98 Å². The topological polar surface area (TPSA) is 65.5 Å². The lowest BCUT2D eigenvalue weighted by Crippen LogP contribution is -2.11. The van der Waals surface area contributed by atoms with Gasteiger partial charge in [-0.3, -0.25) is 0 Å². The van der Waals surface area contributed by atoms with Crippen molar-refractivity contribution >= 4 is 27.9 Å². The Bertz CT molecular complexity index is 385. The Morgan fingerprint density at radius 2 is 1.62 bits per heavy atom. The fourth-order valence-electron chi connectivity index (χ4n) is 1.08. The molecule has 16 heavy (non-hydrogen) atoms. The van der Waals surface area contributed by atoms with E-state index in [1.54, 1.807) is 12.1 Å². The lowest BCUT2D eigenvalue weighted by Gasteiger charge is -2.04. The lowest BCUT2D eigenvalue weighted by atomic mass is 10.2. The summed E-state index contributed by atoms with van der Waals surface area (Å²) in [5.74, 6) is -1.18. The summed E-state index contributed by atoms with van der Waals surface area (Å²) in [6, 6.07) is 3.10. The van der Waals surface area contributed by atoms with Crippen LogP contribution in [0.4, 0.5) is 0 Å². The van der Waals surface area contributed by atoms with Crippen molar-refractivity contribution < 1.29 is 19.1 Å². The van der Waals surface area contributed by atoms with Crippen LogP contribution in [0.1, 0.15) is 26.5 Å². The van der Waals surface area contributed by atoms with Gasteiger partial charge in [0.15, 0.2) is 0 Å². The number of nitrogens with zero attached hydrogens (tertiary/aromatic N) is 1. The minimum Gasteiger partial charge on any atom is -0.464 e. The highest BCUT2D eigenvalue weighted by atomic mass is 79.9. The van der Waals surface area contributed by atoms with Crippen LogP contribution in [0.3, 0.4) is 0 Å². The number of pyridine rings is 1. The zero-order valence-electron chi connectivity index (χ0n) is 8.82. The van der Waals surface area contributed by atoms with Crippen molar-refractivity contribution in [2.75, 3.05) is 14.2 Å². The van der Waals surface area contributed by atoms with Gasteiger partial charge in [0, 0.05) is 5.33 Å². The van der Waals surface area contributed by atoms with Crippen LogP contribution in [0.15, 0.2) is 12.1 Å². The van der Waals surface area contributed by atoms with Gasteiger partial charge in [-0.1, -0.05) is 15.9 Å². The molecule has 0 radical (unpaired) electrons. The molecule has 1 aromatic heterocycles. The molecule has 0 amide bonds. The van der Waals surface area contributed by atoms with Gasteiger partial charge in [-0.05, 0) is 17.7 Å². The Morgan fingerprint density at radius 1 is 1.19 bits per heavy atom. The predicted octanol–water partition coefficient (Wildman–Crippen LogP) is 1.55. The van der Waals surface area contributed by atoms with E-state index in [4.69, 9.17) is 0 Å². The molecule has 5 nitrogen and oxygen atoms in total. The average molecular weight is 288 g/mol. The molecule has 86 valence electrons. The molecule has 0 aliphatic rings. The molecule has 0 aromatic carbocycles. The number of methoxy groups -OCH3 is 2. The first-order valence-corrected chi connectivity index (χ1v) is 5.48. The van der Waals surface area contributed by atoms with Gasteiger partial charge < -0.3 is 9.47 Å². The molecule has 0 saturated carbocycles. The fourth-order valence-corrected chi connectivity index (χ4v) is 1.41. The molecule has 0 aliphatic heterocycles. The summed E-state index contributed by atoms with van der Waals surface area (Å²) in [6.45, 7) is 0. The highest BCUT2D eigenvalue weighted by Crippen LogP contribution is 2.11. The molecular formula is C10H10BrNO4. The van der Waals surface area contributed by atoms with Crippen LogP contribution in [0.25, 0.3) is 0 Å². The van der Waals surface area contributed by atoms with Crippen molar-refractivity contribution in [1.29, 1.82) is 0 Å². The van der Waals surface area contributed by atoms with Gasteiger partial charge in [0.1, 0.15) is 11.4 Å². The zero-order valence-corrected chi connectivity index (χ0v) is 10.4. The summed E-state index contributed by atoms with van der Waals surface area (Å²) in [5.41, 5.74) is 0.913. The zero-order chi connectivity index (χ0) is 12.1. The fraction of sp³-hybridized carbons (Fsp3) is 0.300. The Labute approximate surface area is 101 Å². The summed E-state index contributed by atoms with van der Waals surface area (Å²) >= 11 is 3.24. The number of carbonyl (C=O) groups excluding carboxylic acids is 2. The van der Waals surface area contributed by atoms with Crippen LogP contribution in [0, 0.1) is 0 Å². The van der Waals surface area contributed by atoms with Crippen LogP contribution < -0.4 is 0 Å². The van der Waals surface area contributed by atoms with Gasteiger partial charge in [-0.25, -0.2) is 14.6 Å². The third-order valence-electron chi connectivity index (χ3n) is 1.83. The van der Waals surface area contributed by atoms with E-state index in [0.717, 1.165) is 5.56 Å². The van der Waals surface area contributed by atoms with E-state index >= 15 is 0 Å². The minimum absolute atomic E-state index is 0.0832. The predicted molar refractivity (Wildman–Crippen MR) is 59.5 cm³/mol. The van der Waals surface area contributed by atoms with Crippen LogP contribution in [-0.4, -0.2) is 31.1 Å². The number of halogens is 1. The lowest BCUT2D eigenvalue weighted by molar-refractivity contribution is 0.0585. The number of rotatable bonds is 3. The monoisotopic (exact) mass is 287 g/mol.